The minimum absolute atomic E-state index is 0.0676. The Morgan fingerprint density at radius 1 is 1.28 bits per heavy atom. The predicted molar refractivity (Wildman–Crippen MR) is 75.6 cm³/mol. The third kappa shape index (κ3) is 4.65. The van der Waals surface area contributed by atoms with Crippen molar-refractivity contribution in [1.29, 1.82) is 0 Å². The second-order valence-corrected chi connectivity index (χ2v) is 6.98. The van der Waals surface area contributed by atoms with E-state index in [2.05, 4.69) is 31.1 Å². The van der Waals surface area contributed by atoms with E-state index in [0.29, 0.717) is 0 Å². The van der Waals surface area contributed by atoms with Crippen LogP contribution in [0, 0.1) is 5.41 Å². The van der Waals surface area contributed by atoms with E-state index in [1.165, 1.54) is 0 Å². The van der Waals surface area contributed by atoms with Gasteiger partial charge in [0.1, 0.15) is 0 Å². The van der Waals surface area contributed by atoms with Gasteiger partial charge in [0.15, 0.2) is 5.78 Å². The summed E-state index contributed by atoms with van der Waals surface area (Å²) in [6.07, 6.45) is 4.58. The van der Waals surface area contributed by atoms with Crippen LogP contribution in [0.15, 0.2) is 18.5 Å². The lowest BCUT2D eigenvalue weighted by Gasteiger charge is -2.31. The largest absolute Gasteiger partial charge is 0.367 e. The summed E-state index contributed by atoms with van der Waals surface area (Å²) < 4.78 is 0. The van der Waals surface area contributed by atoms with Crippen LogP contribution >= 0.6 is 0 Å². The maximum Gasteiger partial charge on any atom is 0.155 e. The van der Waals surface area contributed by atoms with Crippen LogP contribution in [0.3, 0.4) is 0 Å². The van der Waals surface area contributed by atoms with Gasteiger partial charge in [0.2, 0.25) is 0 Å². The smallest absolute Gasteiger partial charge is 0.155 e. The number of nitrogens with one attached hydrogen (secondary N) is 2. The minimum Gasteiger partial charge on any atom is -0.367 e. The lowest BCUT2D eigenvalue weighted by molar-refractivity contribution is -0.128. The predicted octanol–water partition coefficient (Wildman–Crippen LogP) is 2.93. The highest BCUT2D eigenvalue weighted by Crippen LogP contribution is 2.20. The molecule has 1 rings (SSSR count). The van der Waals surface area contributed by atoms with Crippen molar-refractivity contribution in [2.24, 2.45) is 5.41 Å². The van der Waals surface area contributed by atoms with Crippen molar-refractivity contribution in [1.82, 2.24) is 10.3 Å². The number of ketones is 1. The van der Waals surface area contributed by atoms with Crippen molar-refractivity contribution in [2.75, 3.05) is 0 Å². The first-order valence-electron chi connectivity index (χ1n) is 6.53. The summed E-state index contributed by atoms with van der Waals surface area (Å²) in [7, 11) is 0. The monoisotopic (exact) mass is 250 g/mol. The lowest BCUT2D eigenvalue weighted by Crippen LogP contribution is -2.51. The van der Waals surface area contributed by atoms with Gasteiger partial charge in [0.05, 0.1) is 6.04 Å². The molecule has 1 unspecified atom stereocenters. The Kier molecular flexibility index (Phi) is 4.38. The van der Waals surface area contributed by atoms with Crippen molar-refractivity contribution < 1.29 is 4.79 Å². The molecule has 0 spiro atoms. The third-order valence-corrected chi connectivity index (χ3v) is 2.77. The molecule has 3 heteroatoms. The standard InChI is InChI=1S/C15H26N2O/c1-14(2,3)13(18)12(17-15(4,5)6)9-11-7-8-16-10-11/h7-8,10,12,16-17H,9H2,1-6H3. The van der Waals surface area contributed by atoms with Gasteiger partial charge in [-0.2, -0.15) is 0 Å². The molecule has 3 nitrogen and oxygen atoms in total. The molecule has 1 atom stereocenters. The molecular formula is C15H26N2O. The van der Waals surface area contributed by atoms with Crippen molar-refractivity contribution >= 4 is 5.78 Å². The van der Waals surface area contributed by atoms with Gasteiger partial charge in [-0.1, -0.05) is 20.8 Å². The summed E-state index contributed by atoms with van der Waals surface area (Å²) in [4.78, 5) is 15.5. The second kappa shape index (κ2) is 5.27. The van der Waals surface area contributed by atoms with E-state index in [1.807, 2.05) is 39.2 Å². The number of rotatable bonds is 4. The van der Waals surface area contributed by atoms with Crippen LogP contribution in [0.4, 0.5) is 0 Å². The molecule has 0 fully saturated rings. The summed E-state index contributed by atoms with van der Waals surface area (Å²) in [5, 5.41) is 3.44. The fourth-order valence-electron chi connectivity index (χ4n) is 1.98. The van der Waals surface area contributed by atoms with Crippen molar-refractivity contribution in [3.05, 3.63) is 24.0 Å². The molecule has 0 saturated carbocycles. The number of Topliss-reactive ketones (excluding diaryl/α,β-unsaturated/α-hetero) is 1. The molecule has 1 aromatic heterocycles. The molecule has 102 valence electrons. The summed E-state index contributed by atoms with van der Waals surface area (Å²) in [5.74, 6) is 0.263. The first kappa shape index (κ1) is 15.0. The van der Waals surface area contributed by atoms with Gasteiger partial charge in [0, 0.05) is 23.3 Å². The van der Waals surface area contributed by atoms with Gasteiger partial charge >= 0.3 is 0 Å². The zero-order valence-corrected chi connectivity index (χ0v) is 12.4. The van der Waals surface area contributed by atoms with Gasteiger partial charge < -0.3 is 10.3 Å². The Hall–Kier alpha value is -1.09. The highest BCUT2D eigenvalue weighted by Gasteiger charge is 2.31. The number of carbonyl (C=O) groups excluding carboxylic acids is 1. The van der Waals surface area contributed by atoms with Gasteiger partial charge in [-0.05, 0) is 38.8 Å². The van der Waals surface area contributed by atoms with Crippen LogP contribution in [-0.4, -0.2) is 22.3 Å². The second-order valence-electron chi connectivity index (χ2n) is 6.98. The fourth-order valence-corrected chi connectivity index (χ4v) is 1.98. The maximum atomic E-state index is 12.5. The minimum atomic E-state index is -0.320. The SMILES string of the molecule is CC(C)(C)NC(Cc1cc[nH]c1)C(=O)C(C)(C)C. The molecule has 0 radical (unpaired) electrons. The summed E-state index contributed by atoms with van der Waals surface area (Å²) in [5.41, 5.74) is 0.774. The highest BCUT2D eigenvalue weighted by molar-refractivity contribution is 5.89. The summed E-state index contributed by atoms with van der Waals surface area (Å²) in [6.45, 7) is 12.2. The zero-order valence-electron chi connectivity index (χ0n) is 12.4. The van der Waals surface area contributed by atoms with E-state index < -0.39 is 0 Å². The van der Waals surface area contributed by atoms with Crippen molar-refractivity contribution in [2.45, 2.75) is 59.5 Å². The Morgan fingerprint density at radius 2 is 1.89 bits per heavy atom. The average molecular weight is 250 g/mol. The highest BCUT2D eigenvalue weighted by atomic mass is 16.1. The molecule has 1 heterocycles. The number of carbonyl (C=O) groups is 1. The molecule has 18 heavy (non-hydrogen) atoms. The first-order chi connectivity index (χ1) is 8.09. The van der Waals surface area contributed by atoms with E-state index in [0.717, 1.165) is 12.0 Å². The van der Waals surface area contributed by atoms with E-state index in [-0.39, 0.29) is 22.8 Å². The zero-order chi connectivity index (χ0) is 14.0. The maximum absolute atomic E-state index is 12.5. The summed E-state index contributed by atoms with van der Waals surface area (Å²) in [6, 6.07) is 1.88. The molecular weight excluding hydrogens is 224 g/mol. The quantitative estimate of drug-likeness (QED) is 0.863. The van der Waals surface area contributed by atoms with Crippen LogP contribution in [-0.2, 0) is 11.2 Å². The van der Waals surface area contributed by atoms with E-state index in [1.54, 1.807) is 0 Å². The Bertz CT molecular complexity index is 380. The van der Waals surface area contributed by atoms with Gasteiger partial charge in [-0.25, -0.2) is 0 Å². The molecule has 1 aromatic rings. The number of hydrogen-bond acceptors (Lipinski definition) is 2. The molecule has 0 aromatic carbocycles. The van der Waals surface area contributed by atoms with Crippen LogP contribution in [0.25, 0.3) is 0 Å². The van der Waals surface area contributed by atoms with Crippen LogP contribution in [0.1, 0.15) is 47.1 Å². The summed E-state index contributed by atoms with van der Waals surface area (Å²) >= 11 is 0. The van der Waals surface area contributed by atoms with E-state index in [9.17, 15) is 4.79 Å². The number of aromatic amines is 1. The Labute approximate surface area is 110 Å². The molecule has 2 N–H and O–H groups in total. The van der Waals surface area contributed by atoms with Gasteiger partial charge in [-0.15, -0.1) is 0 Å². The van der Waals surface area contributed by atoms with Crippen molar-refractivity contribution in [3.63, 3.8) is 0 Å². The number of H-pyrrole nitrogens is 1. The van der Waals surface area contributed by atoms with Crippen LogP contribution in [0.5, 0.6) is 0 Å². The molecule has 0 aliphatic rings. The fraction of sp³-hybridized carbons (Fsp3) is 0.667. The van der Waals surface area contributed by atoms with E-state index in [4.69, 9.17) is 0 Å². The molecule has 0 saturated heterocycles. The molecule has 0 aliphatic carbocycles. The third-order valence-electron chi connectivity index (χ3n) is 2.77. The van der Waals surface area contributed by atoms with Crippen LogP contribution < -0.4 is 5.32 Å². The average Bonchev–Trinajstić information content (AvgIpc) is 2.64. The topological polar surface area (TPSA) is 44.9 Å². The lowest BCUT2D eigenvalue weighted by atomic mass is 9.83. The number of hydrogen-bond donors (Lipinski definition) is 2. The molecule has 0 amide bonds. The molecule has 0 bridgehead atoms. The van der Waals surface area contributed by atoms with Crippen LogP contribution in [0.2, 0.25) is 0 Å². The molecule has 0 aliphatic heterocycles. The first-order valence-corrected chi connectivity index (χ1v) is 6.53. The normalized spacial score (nSPS) is 14.6. The van der Waals surface area contributed by atoms with Gasteiger partial charge in [0.25, 0.3) is 0 Å². The Morgan fingerprint density at radius 3 is 2.28 bits per heavy atom. The number of aromatic nitrogens is 1. The Balaban J connectivity index is 2.85. The van der Waals surface area contributed by atoms with E-state index >= 15 is 0 Å². The van der Waals surface area contributed by atoms with Gasteiger partial charge in [-0.3, -0.25) is 4.79 Å². The van der Waals surface area contributed by atoms with Crippen molar-refractivity contribution in [3.8, 4) is 0 Å².